The summed E-state index contributed by atoms with van der Waals surface area (Å²) in [6.07, 6.45) is 10.7. The fraction of sp³-hybridized carbons (Fsp3) is 0.929. The highest BCUT2D eigenvalue weighted by Gasteiger charge is 2.24. The molecule has 1 saturated carbocycles. The van der Waals surface area contributed by atoms with Gasteiger partial charge in [-0.2, -0.15) is 0 Å². The monoisotopic (exact) mass is 210 g/mol. The van der Waals surface area contributed by atoms with Crippen LogP contribution in [0.4, 0.5) is 0 Å². The van der Waals surface area contributed by atoms with Crippen LogP contribution in [-0.4, -0.2) is 5.78 Å². The molecule has 0 aromatic carbocycles. The lowest BCUT2D eigenvalue weighted by Crippen LogP contribution is -2.21. The molecule has 1 fully saturated rings. The van der Waals surface area contributed by atoms with Crippen molar-refractivity contribution in [3.05, 3.63) is 0 Å². The Morgan fingerprint density at radius 3 is 2.67 bits per heavy atom. The van der Waals surface area contributed by atoms with Gasteiger partial charge in [0.25, 0.3) is 0 Å². The van der Waals surface area contributed by atoms with Gasteiger partial charge in [-0.3, -0.25) is 4.79 Å². The smallest absolute Gasteiger partial charge is 0.135 e. The molecule has 0 aliphatic heterocycles. The quantitative estimate of drug-likeness (QED) is 0.596. The van der Waals surface area contributed by atoms with E-state index in [0.717, 1.165) is 31.6 Å². The summed E-state index contributed by atoms with van der Waals surface area (Å²) in [5.41, 5.74) is 0. The Hall–Kier alpha value is -0.330. The summed E-state index contributed by atoms with van der Waals surface area (Å²) in [5.74, 6) is 1.75. The molecule has 0 heterocycles. The third kappa shape index (κ3) is 4.81. The van der Waals surface area contributed by atoms with Gasteiger partial charge in [-0.05, 0) is 25.2 Å². The third-order valence-corrected chi connectivity index (χ3v) is 3.67. The van der Waals surface area contributed by atoms with Gasteiger partial charge in [-0.25, -0.2) is 0 Å². The first-order valence-corrected chi connectivity index (χ1v) is 6.76. The van der Waals surface area contributed by atoms with Crippen molar-refractivity contribution in [2.45, 2.75) is 71.6 Å². The van der Waals surface area contributed by atoms with E-state index in [9.17, 15) is 4.79 Å². The van der Waals surface area contributed by atoms with E-state index in [1.54, 1.807) is 0 Å². The molecule has 1 aliphatic carbocycles. The number of Topliss-reactive ketones (excluding diaryl/α,β-unsaturated/α-hetero) is 1. The van der Waals surface area contributed by atoms with Gasteiger partial charge in [0, 0.05) is 12.3 Å². The highest BCUT2D eigenvalue weighted by molar-refractivity contribution is 5.81. The van der Waals surface area contributed by atoms with Gasteiger partial charge >= 0.3 is 0 Å². The lowest BCUT2D eigenvalue weighted by Gasteiger charge is -2.25. The highest BCUT2D eigenvalue weighted by Crippen LogP contribution is 2.30. The second-order valence-corrected chi connectivity index (χ2v) is 5.25. The summed E-state index contributed by atoms with van der Waals surface area (Å²) in [4.78, 5) is 11.9. The van der Waals surface area contributed by atoms with Gasteiger partial charge in [0.15, 0.2) is 0 Å². The van der Waals surface area contributed by atoms with Crippen molar-refractivity contribution in [2.75, 3.05) is 0 Å². The molecule has 0 aromatic heterocycles. The van der Waals surface area contributed by atoms with Crippen molar-refractivity contribution in [2.24, 2.45) is 11.8 Å². The minimum absolute atomic E-state index is 0.412. The van der Waals surface area contributed by atoms with Gasteiger partial charge in [0.1, 0.15) is 5.78 Å². The van der Waals surface area contributed by atoms with Crippen LogP contribution >= 0.6 is 0 Å². The summed E-state index contributed by atoms with van der Waals surface area (Å²) in [6, 6.07) is 0. The molecule has 1 heteroatoms. The molecule has 0 aromatic rings. The largest absolute Gasteiger partial charge is 0.299 e. The molecule has 0 spiro atoms. The number of unbranched alkanes of at least 4 members (excludes halogenated alkanes) is 3. The number of ketones is 1. The maximum Gasteiger partial charge on any atom is 0.135 e. The summed E-state index contributed by atoms with van der Waals surface area (Å²) in [7, 11) is 0. The minimum Gasteiger partial charge on any atom is -0.299 e. The van der Waals surface area contributed by atoms with Crippen molar-refractivity contribution in [3.63, 3.8) is 0 Å². The van der Waals surface area contributed by atoms with Crippen molar-refractivity contribution in [1.29, 1.82) is 0 Å². The average Bonchev–Trinajstić information content (AvgIpc) is 2.24. The van der Waals surface area contributed by atoms with Gasteiger partial charge < -0.3 is 0 Å². The Morgan fingerprint density at radius 2 is 2.00 bits per heavy atom. The molecule has 2 unspecified atom stereocenters. The minimum atomic E-state index is 0.412. The summed E-state index contributed by atoms with van der Waals surface area (Å²) >= 11 is 0. The Bertz CT molecular complexity index is 186. The fourth-order valence-corrected chi connectivity index (χ4v) is 2.66. The second-order valence-electron chi connectivity index (χ2n) is 5.25. The number of hydrogen-bond donors (Lipinski definition) is 0. The van der Waals surface area contributed by atoms with Crippen molar-refractivity contribution in [1.82, 2.24) is 0 Å². The Labute approximate surface area is 94.6 Å². The lowest BCUT2D eigenvalue weighted by atomic mass is 9.79. The standard InChI is InChI=1S/C14H26O/c1-3-4-5-6-10-14(15)13-9-7-8-12(2)11-13/h12-13H,3-11H2,1-2H3. The topological polar surface area (TPSA) is 17.1 Å². The van der Waals surface area contributed by atoms with Gasteiger partial charge in [0.2, 0.25) is 0 Å². The summed E-state index contributed by atoms with van der Waals surface area (Å²) in [5, 5.41) is 0. The first-order valence-electron chi connectivity index (χ1n) is 6.76. The summed E-state index contributed by atoms with van der Waals surface area (Å²) < 4.78 is 0. The normalized spacial score (nSPS) is 26.5. The zero-order valence-electron chi connectivity index (χ0n) is 10.4. The first-order chi connectivity index (χ1) is 7.24. The number of hydrogen-bond acceptors (Lipinski definition) is 1. The first kappa shape index (κ1) is 12.7. The Balaban J connectivity index is 2.15. The van der Waals surface area contributed by atoms with Crippen LogP contribution in [0.2, 0.25) is 0 Å². The molecule has 0 N–H and O–H groups in total. The molecule has 1 nitrogen and oxygen atoms in total. The summed E-state index contributed by atoms with van der Waals surface area (Å²) in [6.45, 7) is 4.50. The molecule has 88 valence electrons. The third-order valence-electron chi connectivity index (χ3n) is 3.67. The molecule has 15 heavy (non-hydrogen) atoms. The Kier molecular flexibility index (Phi) is 5.97. The predicted octanol–water partition coefficient (Wildman–Crippen LogP) is 4.35. The van der Waals surface area contributed by atoms with E-state index in [2.05, 4.69) is 13.8 Å². The van der Waals surface area contributed by atoms with Crippen LogP contribution in [0.3, 0.4) is 0 Å². The average molecular weight is 210 g/mol. The van der Waals surface area contributed by atoms with Gasteiger partial charge in [-0.1, -0.05) is 46.0 Å². The molecule has 1 rings (SSSR count). The molecule has 0 saturated heterocycles. The van der Waals surface area contributed by atoms with E-state index >= 15 is 0 Å². The molecule has 0 amide bonds. The SMILES string of the molecule is CCCCCCC(=O)C1CCCC(C)C1. The second kappa shape index (κ2) is 7.03. The molecule has 0 bridgehead atoms. The van der Waals surface area contributed by atoms with E-state index in [-0.39, 0.29) is 0 Å². The Morgan fingerprint density at radius 1 is 1.20 bits per heavy atom. The van der Waals surface area contributed by atoms with Crippen LogP contribution in [-0.2, 0) is 4.79 Å². The van der Waals surface area contributed by atoms with Crippen LogP contribution in [0.25, 0.3) is 0 Å². The molecular weight excluding hydrogens is 184 g/mol. The molecule has 2 atom stereocenters. The van der Waals surface area contributed by atoms with Crippen LogP contribution in [0.1, 0.15) is 71.6 Å². The van der Waals surface area contributed by atoms with Crippen molar-refractivity contribution >= 4 is 5.78 Å². The van der Waals surface area contributed by atoms with E-state index in [4.69, 9.17) is 0 Å². The lowest BCUT2D eigenvalue weighted by molar-refractivity contribution is -0.124. The zero-order valence-corrected chi connectivity index (χ0v) is 10.4. The van der Waals surface area contributed by atoms with Crippen molar-refractivity contribution < 1.29 is 4.79 Å². The van der Waals surface area contributed by atoms with E-state index < -0.39 is 0 Å². The number of carbonyl (C=O) groups excluding carboxylic acids is 1. The molecule has 0 radical (unpaired) electrons. The molecule has 1 aliphatic rings. The van der Waals surface area contributed by atoms with Crippen LogP contribution in [0.15, 0.2) is 0 Å². The van der Waals surface area contributed by atoms with Crippen LogP contribution < -0.4 is 0 Å². The fourth-order valence-electron chi connectivity index (χ4n) is 2.66. The maximum absolute atomic E-state index is 11.9. The maximum atomic E-state index is 11.9. The highest BCUT2D eigenvalue weighted by atomic mass is 16.1. The van der Waals surface area contributed by atoms with E-state index in [1.807, 2.05) is 0 Å². The molecular formula is C14H26O. The van der Waals surface area contributed by atoms with Crippen LogP contribution in [0, 0.1) is 11.8 Å². The zero-order chi connectivity index (χ0) is 11.1. The van der Waals surface area contributed by atoms with E-state index in [1.165, 1.54) is 32.1 Å². The van der Waals surface area contributed by atoms with Crippen molar-refractivity contribution in [3.8, 4) is 0 Å². The van der Waals surface area contributed by atoms with Gasteiger partial charge in [0.05, 0.1) is 0 Å². The predicted molar refractivity (Wildman–Crippen MR) is 64.9 cm³/mol. The van der Waals surface area contributed by atoms with E-state index in [0.29, 0.717) is 11.7 Å². The number of carbonyl (C=O) groups is 1. The number of rotatable bonds is 6. The van der Waals surface area contributed by atoms with Crippen LogP contribution in [0.5, 0.6) is 0 Å². The van der Waals surface area contributed by atoms with Gasteiger partial charge in [-0.15, -0.1) is 0 Å².